The van der Waals surface area contributed by atoms with Crippen molar-refractivity contribution >= 4 is 35.6 Å². The summed E-state index contributed by atoms with van der Waals surface area (Å²) in [6, 6.07) is 4.06. The molecule has 0 aromatic heterocycles. The molecule has 0 fully saturated rings. The molecule has 0 bridgehead atoms. The lowest BCUT2D eigenvalue weighted by Gasteiger charge is -2.25. The van der Waals surface area contributed by atoms with E-state index in [0.29, 0.717) is 5.56 Å². The lowest BCUT2D eigenvalue weighted by Crippen LogP contribution is -2.58. The van der Waals surface area contributed by atoms with Crippen LogP contribution in [0.1, 0.15) is 45.1 Å². The molecule has 0 saturated carbocycles. The van der Waals surface area contributed by atoms with E-state index >= 15 is 0 Å². The molecule has 11 N–H and O–H groups in total. The SMILES string of the molecule is CC(C)[C@H](N)C(=O)N[C@@H](Cc1ccccc1)C(=O)N[C@@H](CCC(=O)O)C(=O)N[C@@H](CCCN=C(N)N)C(=O)O. The van der Waals surface area contributed by atoms with E-state index in [4.69, 9.17) is 22.3 Å². The number of nitrogens with zero attached hydrogens (tertiary/aromatic N) is 1. The van der Waals surface area contributed by atoms with Crippen molar-refractivity contribution in [2.45, 2.75) is 70.1 Å². The molecule has 1 rings (SSSR count). The summed E-state index contributed by atoms with van der Waals surface area (Å²) in [4.78, 5) is 65.6. The van der Waals surface area contributed by atoms with Gasteiger partial charge in [-0.2, -0.15) is 0 Å². The number of aliphatic imine (C=N–C) groups is 1. The van der Waals surface area contributed by atoms with Crippen molar-refractivity contribution in [1.82, 2.24) is 16.0 Å². The van der Waals surface area contributed by atoms with Gasteiger partial charge in [0.1, 0.15) is 18.1 Å². The van der Waals surface area contributed by atoms with Crippen molar-refractivity contribution in [3.8, 4) is 0 Å². The topological polar surface area (TPSA) is 252 Å². The van der Waals surface area contributed by atoms with Crippen LogP contribution in [0.5, 0.6) is 0 Å². The number of guanidine groups is 1. The van der Waals surface area contributed by atoms with Gasteiger partial charge in [-0.15, -0.1) is 0 Å². The average molecular weight is 550 g/mol. The zero-order valence-corrected chi connectivity index (χ0v) is 22.1. The third kappa shape index (κ3) is 12.7. The summed E-state index contributed by atoms with van der Waals surface area (Å²) < 4.78 is 0. The molecule has 216 valence electrons. The van der Waals surface area contributed by atoms with Gasteiger partial charge in [0, 0.05) is 19.4 Å². The Morgan fingerprint density at radius 1 is 0.846 bits per heavy atom. The van der Waals surface area contributed by atoms with E-state index in [1.807, 2.05) is 0 Å². The predicted octanol–water partition coefficient (Wildman–Crippen LogP) is -1.33. The van der Waals surface area contributed by atoms with Crippen LogP contribution in [0, 0.1) is 5.92 Å². The Labute approximate surface area is 226 Å². The molecule has 0 aliphatic carbocycles. The number of rotatable bonds is 17. The fraction of sp³-hybridized carbons (Fsp3) is 0.520. The summed E-state index contributed by atoms with van der Waals surface area (Å²) >= 11 is 0. The Morgan fingerprint density at radius 3 is 1.95 bits per heavy atom. The highest BCUT2D eigenvalue weighted by Gasteiger charge is 2.31. The second-order valence-electron chi connectivity index (χ2n) is 9.36. The molecule has 0 saturated heterocycles. The van der Waals surface area contributed by atoms with Gasteiger partial charge in [-0.05, 0) is 30.7 Å². The Morgan fingerprint density at radius 2 is 1.41 bits per heavy atom. The van der Waals surface area contributed by atoms with Crippen molar-refractivity contribution in [3.63, 3.8) is 0 Å². The summed E-state index contributed by atoms with van der Waals surface area (Å²) in [5, 5.41) is 26.1. The molecular formula is C25H39N7O7. The molecule has 14 heteroatoms. The summed E-state index contributed by atoms with van der Waals surface area (Å²) in [6.07, 6.45) is -0.502. The molecule has 4 atom stereocenters. The van der Waals surface area contributed by atoms with Crippen molar-refractivity contribution < 1.29 is 34.2 Å². The number of carbonyl (C=O) groups excluding carboxylic acids is 3. The van der Waals surface area contributed by atoms with Crippen LogP contribution < -0.4 is 33.2 Å². The van der Waals surface area contributed by atoms with Crippen LogP contribution in [0.4, 0.5) is 0 Å². The van der Waals surface area contributed by atoms with Crippen LogP contribution in [0.25, 0.3) is 0 Å². The first kappa shape index (κ1) is 32.8. The van der Waals surface area contributed by atoms with Gasteiger partial charge in [-0.25, -0.2) is 4.79 Å². The van der Waals surface area contributed by atoms with E-state index in [0.717, 1.165) is 0 Å². The Kier molecular flexibility index (Phi) is 14.0. The number of hydrogen-bond donors (Lipinski definition) is 8. The van der Waals surface area contributed by atoms with E-state index in [2.05, 4.69) is 20.9 Å². The second-order valence-corrected chi connectivity index (χ2v) is 9.36. The molecule has 0 heterocycles. The zero-order valence-electron chi connectivity index (χ0n) is 22.1. The summed E-state index contributed by atoms with van der Waals surface area (Å²) in [6.45, 7) is 3.64. The number of carboxylic acids is 2. The van der Waals surface area contributed by atoms with E-state index in [-0.39, 0.29) is 44.1 Å². The van der Waals surface area contributed by atoms with Crippen LogP contribution in [0.3, 0.4) is 0 Å². The normalized spacial score (nSPS) is 13.8. The van der Waals surface area contributed by atoms with Crippen LogP contribution in [-0.2, 0) is 30.4 Å². The monoisotopic (exact) mass is 549 g/mol. The quantitative estimate of drug-likeness (QED) is 0.0645. The molecular weight excluding hydrogens is 510 g/mol. The molecule has 0 aliphatic rings. The van der Waals surface area contributed by atoms with Crippen LogP contribution in [0.15, 0.2) is 35.3 Å². The molecule has 0 radical (unpaired) electrons. The van der Waals surface area contributed by atoms with Gasteiger partial charge < -0.3 is 43.4 Å². The number of carboxylic acid groups (broad SMARTS) is 2. The highest BCUT2D eigenvalue weighted by atomic mass is 16.4. The number of amides is 3. The number of aliphatic carboxylic acids is 2. The summed E-state index contributed by atoms with van der Waals surface area (Å²) in [5.74, 6) is -5.12. The van der Waals surface area contributed by atoms with E-state index in [1.54, 1.807) is 44.2 Å². The van der Waals surface area contributed by atoms with Gasteiger partial charge in [-0.3, -0.25) is 24.2 Å². The number of nitrogens with two attached hydrogens (primary N) is 3. The Hall–Kier alpha value is -4.20. The van der Waals surface area contributed by atoms with Crippen LogP contribution in [0.2, 0.25) is 0 Å². The van der Waals surface area contributed by atoms with E-state index in [9.17, 15) is 29.1 Å². The molecule has 39 heavy (non-hydrogen) atoms. The third-order valence-electron chi connectivity index (χ3n) is 5.78. The number of nitrogens with one attached hydrogen (secondary N) is 3. The minimum Gasteiger partial charge on any atom is -0.481 e. The maximum absolute atomic E-state index is 13.3. The summed E-state index contributed by atoms with van der Waals surface area (Å²) in [7, 11) is 0. The van der Waals surface area contributed by atoms with Crippen molar-refractivity contribution in [1.29, 1.82) is 0 Å². The van der Waals surface area contributed by atoms with Gasteiger partial charge >= 0.3 is 11.9 Å². The zero-order chi connectivity index (χ0) is 29.5. The molecule has 0 spiro atoms. The minimum absolute atomic E-state index is 0.0166. The van der Waals surface area contributed by atoms with Crippen LogP contribution in [-0.4, -0.2) is 76.5 Å². The fourth-order valence-electron chi connectivity index (χ4n) is 3.47. The molecule has 1 aromatic carbocycles. The lowest BCUT2D eigenvalue weighted by molar-refractivity contribution is -0.143. The largest absolute Gasteiger partial charge is 0.481 e. The van der Waals surface area contributed by atoms with Crippen molar-refractivity contribution in [2.24, 2.45) is 28.1 Å². The summed E-state index contributed by atoms with van der Waals surface area (Å²) in [5.41, 5.74) is 17.1. The van der Waals surface area contributed by atoms with Crippen molar-refractivity contribution in [3.05, 3.63) is 35.9 Å². The molecule has 0 unspecified atom stereocenters. The first-order valence-electron chi connectivity index (χ1n) is 12.5. The fourth-order valence-corrected chi connectivity index (χ4v) is 3.47. The standard InChI is InChI=1S/C25H39N7O7/c1-14(2)20(26)23(37)32-18(13-15-7-4-3-5-8-15)22(36)30-16(10-11-19(33)34)21(35)31-17(24(38)39)9-6-12-29-25(27)28/h3-5,7-8,14,16-18,20H,6,9-13,26H2,1-2H3,(H,30,36)(H,31,35)(H,32,37)(H,33,34)(H,38,39)(H4,27,28,29)/t16-,17-,18-,20-/m0/s1. The van der Waals surface area contributed by atoms with Gasteiger partial charge in [0.25, 0.3) is 0 Å². The Bertz CT molecular complexity index is 1010. The smallest absolute Gasteiger partial charge is 0.326 e. The number of carbonyl (C=O) groups is 5. The maximum atomic E-state index is 13.3. The van der Waals surface area contributed by atoms with Gasteiger partial charge in [0.05, 0.1) is 6.04 Å². The predicted molar refractivity (Wildman–Crippen MR) is 143 cm³/mol. The third-order valence-corrected chi connectivity index (χ3v) is 5.78. The van der Waals surface area contributed by atoms with Gasteiger partial charge in [-0.1, -0.05) is 44.2 Å². The number of benzene rings is 1. The molecule has 3 amide bonds. The van der Waals surface area contributed by atoms with Gasteiger partial charge in [0.2, 0.25) is 17.7 Å². The first-order valence-corrected chi connectivity index (χ1v) is 12.5. The second kappa shape index (κ2) is 16.6. The first-order chi connectivity index (χ1) is 18.3. The highest BCUT2D eigenvalue weighted by molar-refractivity contribution is 5.94. The number of hydrogen-bond acceptors (Lipinski definition) is 7. The van der Waals surface area contributed by atoms with E-state index < -0.39 is 60.2 Å². The van der Waals surface area contributed by atoms with Gasteiger partial charge in [0.15, 0.2) is 5.96 Å². The average Bonchev–Trinajstić information content (AvgIpc) is 2.87. The Balaban J connectivity index is 3.09. The lowest BCUT2D eigenvalue weighted by atomic mass is 10.0. The minimum atomic E-state index is -1.39. The van der Waals surface area contributed by atoms with Crippen molar-refractivity contribution in [2.75, 3.05) is 6.54 Å². The molecule has 1 aromatic rings. The maximum Gasteiger partial charge on any atom is 0.326 e. The van der Waals surface area contributed by atoms with Crippen LogP contribution >= 0.6 is 0 Å². The molecule has 14 nitrogen and oxygen atoms in total. The van der Waals surface area contributed by atoms with E-state index in [1.165, 1.54) is 0 Å². The molecule has 0 aliphatic heterocycles. The highest BCUT2D eigenvalue weighted by Crippen LogP contribution is 2.08.